The van der Waals surface area contributed by atoms with Crippen LogP contribution in [0, 0.1) is 0 Å². The Labute approximate surface area is 287 Å². The van der Waals surface area contributed by atoms with E-state index in [1.54, 1.807) is 12.1 Å². The van der Waals surface area contributed by atoms with Gasteiger partial charge in [-0.2, -0.15) is 0 Å². The standard InChI is InChI=1S/C45H30N2/c1-3-15-31(16-4-1)32-27-29-33(30-28-32)43-35-19-7-9-21-37(35)44(38-22-10-8-20-36(38)43)39-23-11-13-25-41(39)47-42-26-14-12-24-40(42)46-45(47)34-17-5-2-6-18-34/h1-30H/i1D,2D,3D,4D,5D,6D,15D,16D,17D,18D. The van der Waals surface area contributed by atoms with Crippen LogP contribution in [0.5, 0.6) is 0 Å². The number of fused-ring (bicyclic) bond motifs is 3. The Hall–Kier alpha value is -6.25. The molecule has 2 heteroatoms. The van der Waals surface area contributed by atoms with E-state index >= 15 is 0 Å². The van der Waals surface area contributed by atoms with Crippen molar-refractivity contribution < 1.29 is 13.7 Å². The van der Waals surface area contributed by atoms with E-state index in [9.17, 15) is 0 Å². The van der Waals surface area contributed by atoms with Crippen LogP contribution >= 0.6 is 0 Å². The largest absolute Gasteiger partial charge is 0.292 e. The first-order chi connectivity index (χ1) is 27.5. The Morgan fingerprint density at radius 3 is 1.60 bits per heavy atom. The molecule has 0 amide bonds. The molecule has 0 radical (unpaired) electrons. The molecule has 0 aliphatic carbocycles. The highest BCUT2D eigenvalue weighted by Crippen LogP contribution is 2.46. The number of hydrogen-bond acceptors (Lipinski definition) is 1. The molecular formula is C45H30N2. The number of nitrogens with zero attached hydrogens (tertiary/aromatic N) is 2. The molecule has 0 fully saturated rings. The summed E-state index contributed by atoms with van der Waals surface area (Å²) < 4.78 is 86.2. The molecule has 220 valence electrons. The minimum absolute atomic E-state index is 0.00382. The van der Waals surface area contributed by atoms with Crippen molar-refractivity contribution in [1.29, 1.82) is 0 Å². The van der Waals surface area contributed by atoms with Crippen molar-refractivity contribution in [2.24, 2.45) is 0 Å². The predicted molar refractivity (Wildman–Crippen MR) is 198 cm³/mol. The second-order valence-electron chi connectivity index (χ2n) is 11.2. The highest BCUT2D eigenvalue weighted by Gasteiger charge is 2.21. The lowest BCUT2D eigenvalue weighted by Crippen LogP contribution is -2.01. The molecule has 2 nitrogen and oxygen atoms in total. The summed E-state index contributed by atoms with van der Waals surface area (Å²) in [5, 5.41) is 3.81. The van der Waals surface area contributed by atoms with E-state index in [0.29, 0.717) is 22.3 Å². The maximum Gasteiger partial charge on any atom is 0.145 e. The van der Waals surface area contributed by atoms with Gasteiger partial charge in [-0.3, -0.25) is 4.57 Å². The third-order valence-electron chi connectivity index (χ3n) is 8.59. The average Bonchev–Trinajstić information content (AvgIpc) is 3.62. The van der Waals surface area contributed by atoms with Gasteiger partial charge in [0.25, 0.3) is 0 Å². The van der Waals surface area contributed by atoms with Gasteiger partial charge in [-0.25, -0.2) is 4.98 Å². The van der Waals surface area contributed by atoms with Crippen molar-refractivity contribution in [2.45, 2.75) is 0 Å². The fourth-order valence-electron chi connectivity index (χ4n) is 6.61. The van der Waals surface area contributed by atoms with Gasteiger partial charge >= 0.3 is 0 Å². The zero-order valence-electron chi connectivity index (χ0n) is 34.9. The van der Waals surface area contributed by atoms with E-state index in [2.05, 4.69) is 24.3 Å². The zero-order chi connectivity index (χ0) is 39.9. The van der Waals surface area contributed by atoms with Gasteiger partial charge in [0.05, 0.1) is 30.4 Å². The molecule has 0 aliphatic heterocycles. The molecule has 0 aliphatic rings. The smallest absolute Gasteiger partial charge is 0.145 e. The van der Waals surface area contributed by atoms with E-state index in [1.165, 1.54) is 0 Å². The number of imidazole rings is 1. The van der Waals surface area contributed by atoms with Gasteiger partial charge < -0.3 is 0 Å². The molecule has 1 aromatic heterocycles. The fraction of sp³-hybridized carbons (Fsp3) is 0. The van der Waals surface area contributed by atoms with Crippen molar-refractivity contribution in [3.05, 3.63) is 182 Å². The Morgan fingerprint density at radius 2 is 0.936 bits per heavy atom. The summed E-state index contributed by atoms with van der Waals surface area (Å²) >= 11 is 0. The minimum atomic E-state index is -0.474. The third-order valence-corrected chi connectivity index (χ3v) is 8.59. The van der Waals surface area contributed by atoms with Crippen LogP contribution in [-0.4, -0.2) is 9.55 Å². The van der Waals surface area contributed by atoms with E-state index in [4.69, 9.17) is 18.7 Å². The van der Waals surface area contributed by atoms with E-state index in [-0.39, 0.29) is 53.2 Å². The van der Waals surface area contributed by atoms with Crippen LogP contribution in [0.3, 0.4) is 0 Å². The van der Waals surface area contributed by atoms with Crippen molar-refractivity contribution in [3.8, 4) is 50.5 Å². The lowest BCUT2D eigenvalue weighted by molar-refractivity contribution is 1.10. The van der Waals surface area contributed by atoms with Gasteiger partial charge in [0.15, 0.2) is 0 Å². The van der Waals surface area contributed by atoms with Crippen molar-refractivity contribution in [3.63, 3.8) is 0 Å². The molecular weight excluding hydrogens is 569 g/mol. The molecule has 0 saturated heterocycles. The number of hydrogen-bond donors (Lipinski definition) is 0. The number of aromatic nitrogens is 2. The molecule has 0 N–H and O–H groups in total. The van der Waals surface area contributed by atoms with Gasteiger partial charge in [-0.05, 0) is 67.6 Å². The van der Waals surface area contributed by atoms with E-state index in [0.717, 1.165) is 43.8 Å². The quantitative estimate of drug-likeness (QED) is 0.178. The Kier molecular flexibility index (Phi) is 4.48. The summed E-state index contributed by atoms with van der Waals surface area (Å²) in [5.74, 6) is 0.227. The van der Waals surface area contributed by atoms with Crippen LogP contribution in [0.2, 0.25) is 0 Å². The van der Waals surface area contributed by atoms with Crippen LogP contribution in [-0.2, 0) is 0 Å². The Morgan fingerprint density at radius 1 is 0.426 bits per heavy atom. The lowest BCUT2D eigenvalue weighted by atomic mass is 9.85. The molecule has 9 aromatic rings. The molecule has 47 heavy (non-hydrogen) atoms. The van der Waals surface area contributed by atoms with Gasteiger partial charge in [-0.15, -0.1) is 0 Å². The summed E-state index contributed by atoms with van der Waals surface area (Å²) in [6.07, 6.45) is 0. The summed E-state index contributed by atoms with van der Waals surface area (Å²) in [4.78, 5) is 4.90. The van der Waals surface area contributed by atoms with Crippen LogP contribution in [0.15, 0.2) is 182 Å². The normalized spacial score (nSPS) is 14.4. The lowest BCUT2D eigenvalue weighted by Gasteiger charge is -2.21. The summed E-state index contributed by atoms with van der Waals surface area (Å²) in [6, 6.07) is 35.2. The van der Waals surface area contributed by atoms with Crippen LogP contribution in [0.1, 0.15) is 13.7 Å². The topological polar surface area (TPSA) is 17.8 Å². The SMILES string of the molecule is [2H]c1c([2H])c([2H])c(-c2ccc(-c3c4ccccc4c(-c4ccccc4-n4c(-c5c([2H])c([2H])c([2H])c([2H])c5[2H])nc5ccccc54)c4ccccc34)cc2)c([2H])c1[2H]. The molecule has 0 saturated carbocycles. The average molecular weight is 609 g/mol. The number of benzene rings is 8. The first kappa shape index (κ1) is 18.7. The van der Waals surface area contributed by atoms with Crippen LogP contribution in [0.25, 0.3) is 83.0 Å². The predicted octanol–water partition coefficient (Wildman–Crippen LogP) is 12.0. The van der Waals surface area contributed by atoms with Gasteiger partial charge in [0.2, 0.25) is 0 Å². The third kappa shape index (κ3) is 4.54. The fourth-order valence-corrected chi connectivity index (χ4v) is 6.61. The zero-order valence-corrected chi connectivity index (χ0v) is 24.9. The second kappa shape index (κ2) is 11.3. The summed E-state index contributed by atoms with van der Waals surface area (Å²) in [5.41, 5.74) is 6.28. The van der Waals surface area contributed by atoms with Gasteiger partial charge in [0, 0.05) is 11.1 Å². The molecule has 0 spiro atoms. The Balaban J connectivity index is 1.31. The maximum atomic E-state index is 8.89. The van der Waals surface area contributed by atoms with Crippen LogP contribution < -0.4 is 0 Å². The van der Waals surface area contributed by atoms with Crippen molar-refractivity contribution in [2.75, 3.05) is 0 Å². The minimum Gasteiger partial charge on any atom is -0.292 e. The first-order valence-electron chi connectivity index (χ1n) is 20.2. The summed E-state index contributed by atoms with van der Waals surface area (Å²) in [6.45, 7) is 0. The Bertz CT molecular complexity index is 3020. The van der Waals surface area contributed by atoms with Gasteiger partial charge in [0.1, 0.15) is 5.82 Å². The van der Waals surface area contributed by atoms with Crippen LogP contribution in [0.4, 0.5) is 0 Å². The van der Waals surface area contributed by atoms with E-state index in [1.807, 2.05) is 89.5 Å². The highest BCUT2D eigenvalue weighted by atomic mass is 15.1. The van der Waals surface area contributed by atoms with Crippen molar-refractivity contribution in [1.82, 2.24) is 9.55 Å². The van der Waals surface area contributed by atoms with E-state index < -0.39 is 24.2 Å². The molecule has 0 atom stereocenters. The summed E-state index contributed by atoms with van der Waals surface area (Å²) in [7, 11) is 0. The molecule has 0 bridgehead atoms. The molecule has 8 aromatic carbocycles. The molecule has 1 heterocycles. The number of rotatable bonds is 5. The van der Waals surface area contributed by atoms with Gasteiger partial charge in [-0.1, -0.05) is 164 Å². The second-order valence-corrected chi connectivity index (χ2v) is 11.2. The number of para-hydroxylation sites is 3. The first-order valence-corrected chi connectivity index (χ1v) is 15.2. The monoisotopic (exact) mass is 608 g/mol. The van der Waals surface area contributed by atoms with Crippen molar-refractivity contribution >= 4 is 32.6 Å². The highest BCUT2D eigenvalue weighted by molar-refractivity contribution is 6.22. The maximum absolute atomic E-state index is 8.89. The molecule has 9 rings (SSSR count). The molecule has 0 unspecified atom stereocenters.